The summed E-state index contributed by atoms with van der Waals surface area (Å²) >= 11 is 0. The Morgan fingerprint density at radius 3 is 2.48 bits per heavy atom. The topological polar surface area (TPSA) is 149 Å². The van der Waals surface area contributed by atoms with Crippen LogP contribution in [0.25, 0.3) is 0 Å². The number of nitrogens with zero attached hydrogens (tertiary/aromatic N) is 2. The van der Waals surface area contributed by atoms with Crippen LogP contribution in [0, 0.1) is 5.21 Å². The van der Waals surface area contributed by atoms with E-state index in [4.69, 9.17) is 9.47 Å². The van der Waals surface area contributed by atoms with E-state index < -0.39 is 32.7 Å². The van der Waals surface area contributed by atoms with Crippen molar-refractivity contribution in [3.05, 3.63) is 35.5 Å². The molecule has 27 heavy (non-hydrogen) atoms. The maximum Gasteiger partial charge on any atom is 0.415 e. The summed E-state index contributed by atoms with van der Waals surface area (Å²) in [6.45, 7) is -0.537. The van der Waals surface area contributed by atoms with E-state index in [0.717, 1.165) is 0 Å². The predicted octanol–water partition coefficient (Wildman–Crippen LogP) is 0.0160. The molecule has 0 spiro atoms. The number of carbonyl (C=O) groups excluding carboxylic acids is 2. The molecule has 146 valence electrons. The first kappa shape index (κ1) is 20.2. The fraction of sp³-hybridized carbons (Fsp3) is 0.333. The van der Waals surface area contributed by atoms with Gasteiger partial charge in [0.2, 0.25) is 0 Å². The number of benzene rings is 1. The van der Waals surface area contributed by atoms with Gasteiger partial charge in [-0.2, -0.15) is 0 Å². The zero-order chi connectivity index (χ0) is 19.9. The molecule has 0 N–H and O–H groups in total. The quantitative estimate of drug-likeness (QED) is 0.320. The van der Waals surface area contributed by atoms with Crippen LogP contribution >= 0.6 is 0 Å². The lowest BCUT2D eigenvalue weighted by molar-refractivity contribution is -0.832. The molecule has 1 aromatic carbocycles. The van der Waals surface area contributed by atoms with Crippen LogP contribution in [-0.4, -0.2) is 45.8 Å². The van der Waals surface area contributed by atoms with Crippen LogP contribution in [0.3, 0.4) is 0 Å². The van der Waals surface area contributed by atoms with Crippen LogP contribution in [0.5, 0.6) is 5.88 Å². The van der Waals surface area contributed by atoms with Gasteiger partial charge < -0.3 is 19.4 Å². The van der Waals surface area contributed by atoms with Crippen molar-refractivity contribution in [3.63, 3.8) is 0 Å². The first-order valence-electron chi connectivity index (χ1n) is 7.61. The van der Waals surface area contributed by atoms with E-state index in [-0.39, 0.29) is 35.9 Å². The second-order valence-electron chi connectivity index (χ2n) is 5.00. The van der Waals surface area contributed by atoms with E-state index in [9.17, 15) is 23.2 Å². The SMILES string of the molecule is COC(=O)CCC(=O)OCCOc1no[n+]([O-])c1S(=O)(=O)c1ccccc1. The van der Waals surface area contributed by atoms with E-state index in [1.165, 1.54) is 31.4 Å². The molecule has 12 heteroatoms. The van der Waals surface area contributed by atoms with Crippen molar-refractivity contribution in [1.29, 1.82) is 0 Å². The minimum atomic E-state index is -4.22. The highest BCUT2D eigenvalue weighted by molar-refractivity contribution is 7.91. The third-order valence-corrected chi connectivity index (χ3v) is 4.93. The van der Waals surface area contributed by atoms with Gasteiger partial charge in [0.1, 0.15) is 13.2 Å². The Morgan fingerprint density at radius 2 is 1.81 bits per heavy atom. The van der Waals surface area contributed by atoms with Gasteiger partial charge in [-0.3, -0.25) is 14.2 Å². The van der Waals surface area contributed by atoms with Crippen LogP contribution in [0.2, 0.25) is 0 Å². The Kier molecular flexibility index (Phi) is 6.71. The van der Waals surface area contributed by atoms with Crippen molar-refractivity contribution >= 4 is 21.8 Å². The molecular weight excluding hydrogens is 384 g/mol. The monoisotopic (exact) mass is 400 g/mol. The second-order valence-corrected chi connectivity index (χ2v) is 6.87. The zero-order valence-electron chi connectivity index (χ0n) is 14.2. The van der Waals surface area contributed by atoms with Gasteiger partial charge in [-0.15, -0.1) is 0 Å². The van der Waals surface area contributed by atoms with Crippen LogP contribution in [0.4, 0.5) is 0 Å². The average Bonchev–Trinajstić information content (AvgIpc) is 3.05. The highest BCUT2D eigenvalue weighted by atomic mass is 32.2. The molecule has 0 atom stereocenters. The largest absolute Gasteiger partial charge is 0.469 e. The number of aromatic nitrogens is 2. The van der Waals surface area contributed by atoms with Crippen LogP contribution in [0.1, 0.15) is 12.8 Å². The second kappa shape index (κ2) is 8.98. The lowest BCUT2D eigenvalue weighted by Crippen LogP contribution is -2.31. The highest BCUT2D eigenvalue weighted by Gasteiger charge is 2.35. The van der Waals surface area contributed by atoms with Gasteiger partial charge in [0.05, 0.1) is 30.0 Å². The van der Waals surface area contributed by atoms with Gasteiger partial charge in [-0.05, 0) is 17.0 Å². The van der Waals surface area contributed by atoms with Gasteiger partial charge in [-0.1, -0.05) is 18.2 Å². The molecule has 0 unspecified atom stereocenters. The number of rotatable bonds is 9. The first-order valence-corrected chi connectivity index (χ1v) is 9.09. The Bertz CT molecular complexity index is 893. The summed E-state index contributed by atoms with van der Waals surface area (Å²) in [5.41, 5.74) is 0. The van der Waals surface area contributed by atoms with Gasteiger partial charge in [0.15, 0.2) is 0 Å². The Labute approximate surface area is 153 Å². The van der Waals surface area contributed by atoms with Gasteiger partial charge in [-0.25, -0.2) is 8.42 Å². The predicted molar refractivity (Wildman–Crippen MR) is 85.1 cm³/mol. The molecule has 2 rings (SSSR count). The van der Waals surface area contributed by atoms with Crippen molar-refractivity contribution < 1.29 is 41.7 Å². The molecule has 0 radical (unpaired) electrons. The third kappa shape index (κ3) is 5.17. The minimum absolute atomic E-state index is 0.130. The molecule has 1 aromatic heterocycles. The minimum Gasteiger partial charge on any atom is -0.469 e. The summed E-state index contributed by atoms with van der Waals surface area (Å²) < 4.78 is 43.6. The fourth-order valence-corrected chi connectivity index (χ4v) is 3.21. The number of esters is 2. The molecule has 0 aliphatic heterocycles. The number of sulfone groups is 1. The summed E-state index contributed by atoms with van der Waals surface area (Å²) in [7, 11) is -3.02. The van der Waals surface area contributed by atoms with E-state index in [1.807, 2.05) is 0 Å². The maximum absolute atomic E-state index is 12.5. The maximum atomic E-state index is 12.5. The van der Waals surface area contributed by atoms with Gasteiger partial charge in [0.25, 0.3) is 9.84 Å². The molecule has 0 fully saturated rings. The molecule has 2 aromatic rings. The molecule has 0 saturated carbocycles. The first-order chi connectivity index (χ1) is 12.9. The number of ether oxygens (including phenoxy) is 3. The van der Waals surface area contributed by atoms with Gasteiger partial charge >= 0.3 is 22.8 Å². The Balaban J connectivity index is 1.96. The van der Waals surface area contributed by atoms with Crippen LogP contribution in [0.15, 0.2) is 44.9 Å². The molecular formula is C15H16N2O9S. The average molecular weight is 400 g/mol. The summed E-state index contributed by atoms with van der Waals surface area (Å²) in [6, 6.07) is 7.20. The van der Waals surface area contributed by atoms with Crippen molar-refractivity contribution in [2.45, 2.75) is 22.8 Å². The summed E-state index contributed by atoms with van der Waals surface area (Å²) in [4.78, 5) is 21.9. The number of hydrogen-bond acceptors (Lipinski definition) is 10. The molecule has 0 aliphatic carbocycles. The lowest BCUT2D eigenvalue weighted by Gasteiger charge is -2.05. The number of carbonyl (C=O) groups is 2. The highest BCUT2D eigenvalue weighted by Crippen LogP contribution is 2.24. The molecule has 0 amide bonds. The van der Waals surface area contributed by atoms with Crippen LogP contribution in [-0.2, 0) is 28.9 Å². The standard InChI is InChI=1S/C15H16N2O9S/c1-23-12(18)7-8-13(19)24-9-10-25-14-15(17(20)26-16-14)27(21,22)11-5-3-2-4-6-11/h2-6H,7-10H2,1H3. The van der Waals surface area contributed by atoms with Crippen LogP contribution < -0.4 is 9.64 Å². The fourth-order valence-electron chi connectivity index (χ4n) is 1.91. The van der Waals surface area contributed by atoms with Crippen molar-refractivity contribution in [1.82, 2.24) is 5.16 Å². The van der Waals surface area contributed by atoms with E-state index in [2.05, 4.69) is 14.5 Å². The summed E-state index contributed by atoms with van der Waals surface area (Å²) in [6.07, 6.45) is -0.306. The Hall–Kier alpha value is -3.15. The van der Waals surface area contributed by atoms with Crippen molar-refractivity contribution in [3.8, 4) is 5.88 Å². The molecule has 1 heterocycles. The number of methoxy groups -OCH3 is 1. The Morgan fingerprint density at radius 1 is 1.15 bits per heavy atom. The van der Waals surface area contributed by atoms with Gasteiger partial charge in [0, 0.05) is 0 Å². The summed E-state index contributed by atoms with van der Waals surface area (Å²) in [5, 5.41) is 14.1. The van der Waals surface area contributed by atoms with Crippen molar-refractivity contribution in [2.24, 2.45) is 0 Å². The molecule has 11 nitrogen and oxygen atoms in total. The molecule has 0 bridgehead atoms. The number of hydrogen-bond donors (Lipinski definition) is 0. The zero-order valence-corrected chi connectivity index (χ0v) is 15.0. The molecule has 0 saturated heterocycles. The third-order valence-electron chi connectivity index (χ3n) is 3.20. The van der Waals surface area contributed by atoms with E-state index >= 15 is 0 Å². The van der Waals surface area contributed by atoms with E-state index in [0.29, 0.717) is 0 Å². The summed E-state index contributed by atoms with van der Waals surface area (Å²) in [5.74, 6) is -1.78. The molecule has 0 aliphatic rings. The lowest BCUT2D eigenvalue weighted by atomic mass is 10.3. The normalized spacial score (nSPS) is 11.0. The smallest absolute Gasteiger partial charge is 0.415 e. The van der Waals surface area contributed by atoms with Crippen molar-refractivity contribution in [2.75, 3.05) is 20.3 Å². The van der Waals surface area contributed by atoms with E-state index in [1.54, 1.807) is 6.07 Å².